The molecule has 0 N–H and O–H groups in total. The van der Waals surface area contributed by atoms with Crippen LogP contribution in [0.2, 0.25) is 0 Å². The second-order valence-electron chi connectivity index (χ2n) is 2.51. The molecule has 1 aromatic heterocycles. The monoisotopic (exact) mass is 299 g/mol. The summed E-state index contributed by atoms with van der Waals surface area (Å²) in [6, 6.07) is 0.858. The molecule has 0 unspecified atom stereocenters. The highest BCUT2D eigenvalue weighted by Gasteiger charge is 2.29. The molecule has 16 heavy (non-hydrogen) atoms. The van der Waals surface area contributed by atoms with Gasteiger partial charge in [-0.3, -0.25) is 0 Å². The highest BCUT2D eigenvalue weighted by Crippen LogP contribution is 2.29. The third-order valence-corrected chi connectivity index (χ3v) is 1.62. The Kier molecular flexibility index (Phi) is 3.74. The lowest BCUT2D eigenvalue weighted by Gasteiger charge is -2.12. The van der Waals surface area contributed by atoms with Crippen LogP contribution in [-0.2, 0) is 4.74 Å². The van der Waals surface area contributed by atoms with Crippen molar-refractivity contribution >= 4 is 21.9 Å². The number of esters is 1. The van der Waals surface area contributed by atoms with E-state index in [1.165, 1.54) is 0 Å². The third-order valence-electron chi connectivity index (χ3n) is 1.46. The fraction of sp³-hybridized carbons (Fsp3) is 0.250. The van der Waals surface area contributed by atoms with Gasteiger partial charge in [0.25, 0.3) is 0 Å². The standard InChI is InChI=1S/C8H5BrF3NO3/c1-15-7(14)6-5(10)4(2-3-13-6)16-8(9,11)12/h2-3H,1H3. The SMILES string of the molecule is COC(=O)c1nccc(OC(F)(F)Br)c1F. The van der Waals surface area contributed by atoms with Crippen LogP contribution in [-0.4, -0.2) is 23.1 Å². The van der Waals surface area contributed by atoms with Gasteiger partial charge in [0.15, 0.2) is 17.3 Å². The lowest BCUT2D eigenvalue weighted by Crippen LogP contribution is -2.17. The van der Waals surface area contributed by atoms with E-state index in [1.807, 2.05) is 15.9 Å². The Morgan fingerprint density at radius 3 is 2.69 bits per heavy atom. The van der Waals surface area contributed by atoms with E-state index >= 15 is 0 Å². The van der Waals surface area contributed by atoms with Crippen molar-refractivity contribution in [3.8, 4) is 5.75 Å². The van der Waals surface area contributed by atoms with Crippen molar-refractivity contribution in [2.24, 2.45) is 0 Å². The number of nitrogens with zero attached hydrogens (tertiary/aromatic N) is 1. The summed E-state index contributed by atoms with van der Waals surface area (Å²) in [5.41, 5.74) is -0.725. The van der Waals surface area contributed by atoms with Crippen LogP contribution in [0, 0.1) is 5.82 Å². The number of hydrogen-bond acceptors (Lipinski definition) is 4. The quantitative estimate of drug-likeness (QED) is 0.635. The number of halogens is 4. The van der Waals surface area contributed by atoms with Crippen molar-refractivity contribution < 1.29 is 27.4 Å². The molecular weight excluding hydrogens is 295 g/mol. The molecule has 0 aliphatic heterocycles. The molecule has 8 heteroatoms. The highest BCUT2D eigenvalue weighted by molar-refractivity contribution is 9.09. The number of carbonyl (C=O) groups is 1. The number of aromatic nitrogens is 1. The molecule has 0 amide bonds. The molecule has 0 fully saturated rings. The van der Waals surface area contributed by atoms with Gasteiger partial charge in [-0.05, 0) is 0 Å². The van der Waals surface area contributed by atoms with Crippen molar-refractivity contribution in [1.29, 1.82) is 0 Å². The van der Waals surface area contributed by atoms with Crippen LogP contribution in [0.4, 0.5) is 13.2 Å². The Hall–Kier alpha value is -1.31. The zero-order chi connectivity index (χ0) is 12.3. The normalized spacial score (nSPS) is 11.1. The molecule has 0 radical (unpaired) electrons. The molecule has 0 spiro atoms. The average Bonchev–Trinajstić information content (AvgIpc) is 2.18. The summed E-state index contributed by atoms with van der Waals surface area (Å²) in [5, 5.41) is -3.73. The summed E-state index contributed by atoms with van der Waals surface area (Å²) in [6.07, 6.45) is 0.948. The third kappa shape index (κ3) is 3.09. The molecule has 0 atom stereocenters. The first-order valence-electron chi connectivity index (χ1n) is 3.83. The Morgan fingerprint density at radius 1 is 1.56 bits per heavy atom. The molecule has 0 saturated heterocycles. The van der Waals surface area contributed by atoms with Crippen LogP contribution in [0.5, 0.6) is 5.75 Å². The summed E-state index contributed by atoms with van der Waals surface area (Å²) >= 11 is 1.87. The molecule has 1 heterocycles. The first kappa shape index (κ1) is 12.8. The van der Waals surface area contributed by atoms with Crippen LogP contribution in [0.3, 0.4) is 0 Å². The maximum absolute atomic E-state index is 13.4. The van der Waals surface area contributed by atoms with Gasteiger partial charge in [-0.25, -0.2) is 14.2 Å². The van der Waals surface area contributed by atoms with Crippen LogP contribution in [0.15, 0.2) is 12.3 Å². The average molecular weight is 300 g/mol. The van der Waals surface area contributed by atoms with Crippen molar-refractivity contribution in [1.82, 2.24) is 4.98 Å². The number of methoxy groups -OCH3 is 1. The smallest absolute Gasteiger partial charge is 0.459 e. The fourth-order valence-electron chi connectivity index (χ4n) is 0.869. The molecule has 0 aliphatic carbocycles. The van der Waals surface area contributed by atoms with Gasteiger partial charge >= 0.3 is 11.0 Å². The largest absolute Gasteiger partial charge is 0.464 e. The van der Waals surface area contributed by atoms with Crippen molar-refractivity contribution in [3.05, 3.63) is 23.8 Å². The number of pyridine rings is 1. The summed E-state index contributed by atoms with van der Waals surface area (Å²) in [6.45, 7) is 0. The van der Waals surface area contributed by atoms with Crippen molar-refractivity contribution in [3.63, 3.8) is 0 Å². The van der Waals surface area contributed by atoms with Gasteiger partial charge in [0.1, 0.15) is 0 Å². The summed E-state index contributed by atoms with van der Waals surface area (Å²) in [4.78, 5) is 14.3. The first-order valence-corrected chi connectivity index (χ1v) is 4.63. The van der Waals surface area contributed by atoms with E-state index < -0.39 is 28.2 Å². The van der Waals surface area contributed by atoms with Gasteiger partial charge in [-0.1, -0.05) is 0 Å². The second-order valence-corrected chi connectivity index (χ2v) is 3.43. The van der Waals surface area contributed by atoms with Crippen LogP contribution >= 0.6 is 15.9 Å². The molecule has 0 aromatic carbocycles. The van der Waals surface area contributed by atoms with Crippen molar-refractivity contribution in [2.45, 2.75) is 5.02 Å². The zero-order valence-corrected chi connectivity index (χ0v) is 9.42. The predicted molar refractivity (Wildman–Crippen MR) is 50.0 cm³/mol. The minimum absolute atomic E-state index is 0.725. The minimum Gasteiger partial charge on any atom is -0.464 e. The Balaban J connectivity index is 3.09. The molecular formula is C8H5BrF3NO3. The van der Waals surface area contributed by atoms with Gasteiger partial charge in [-0.15, -0.1) is 0 Å². The van der Waals surface area contributed by atoms with Gasteiger partial charge in [-0.2, -0.15) is 8.78 Å². The molecule has 4 nitrogen and oxygen atoms in total. The van der Waals surface area contributed by atoms with Crippen LogP contribution in [0.1, 0.15) is 10.5 Å². The zero-order valence-electron chi connectivity index (χ0n) is 7.84. The maximum Gasteiger partial charge on any atom is 0.459 e. The van der Waals surface area contributed by atoms with Crippen LogP contribution < -0.4 is 4.74 Å². The Morgan fingerprint density at radius 2 is 2.19 bits per heavy atom. The summed E-state index contributed by atoms with van der Waals surface area (Å²) in [7, 11) is 1.01. The number of carbonyl (C=O) groups excluding carboxylic acids is 1. The van der Waals surface area contributed by atoms with E-state index in [0.717, 1.165) is 19.4 Å². The molecule has 0 saturated carbocycles. The van der Waals surface area contributed by atoms with Gasteiger partial charge < -0.3 is 9.47 Å². The molecule has 0 bridgehead atoms. The van der Waals surface area contributed by atoms with Gasteiger partial charge in [0.2, 0.25) is 0 Å². The molecule has 1 rings (SSSR count). The van der Waals surface area contributed by atoms with E-state index in [9.17, 15) is 18.0 Å². The lowest BCUT2D eigenvalue weighted by atomic mass is 10.3. The van der Waals surface area contributed by atoms with E-state index in [4.69, 9.17) is 0 Å². The number of alkyl halides is 3. The summed E-state index contributed by atoms with van der Waals surface area (Å²) in [5.74, 6) is -3.20. The van der Waals surface area contributed by atoms with Crippen molar-refractivity contribution in [2.75, 3.05) is 7.11 Å². The lowest BCUT2D eigenvalue weighted by molar-refractivity contribution is -0.0825. The second kappa shape index (κ2) is 4.69. The summed E-state index contributed by atoms with van der Waals surface area (Å²) < 4.78 is 46.3. The van der Waals surface area contributed by atoms with Gasteiger partial charge in [0, 0.05) is 28.2 Å². The fourth-order valence-corrected chi connectivity index (χ4v) is 1.04. The maximum atomic E-state index is 13.4. The van der Waals surface area contributed by atoms with Crippen LogP contribution in [0.25, 0.3) is 0 Å². The topological polar surface area (TPSA) is 48.4 Å². The number of rotatable bonds is 3. The molecule has 88 valence electrons. The number of ether oxygens (including phenoxy) is 2. The van der Waals surface area contributed by atoms with E-state index in [2.05, 4.69) is 14.5 Å². The van der Waals surface area contributed by atoms with E-state index in [1.54, 1.807) is 0 Å². The molecule has 0 aliphatic rings. The Bertz CT molecular complexity index is 408. The minimum atomic E-state index is -3.73. The van der Waals surface area contributed by atoms with E-state index in [0.29, 0.717) is 0 Å². The van der Waals surface area contributed by atoms with E-state index in [-0.39, 0.29) is 0 Å². The predicted octanol–water partition coefficient (Wildman–Crippen LogP) is 2.33. The Labute approximate surface area is 96.5 Å². The molecule has 1 aromatic rings. The highest BCUT2D eigenvalue weighted by atomic mass is 79.9. The first-order chi connectivity index (χ1) is 7.35. The van der Waals surface area contributed by atoms with Gasteiger partial charge in [0.05, 0.1) is 7.11 Å². The number of hydrogen-bond donors (Lipinski definition) is 0.